The van der Waals surface area contributed by atoms with E-state index in [1.54, 1.807) is 0 Å². The zero-order valence-corrected chi connectivity index (χ0v) is 10.7. The second-order valence-electron chi connectivity index (χ2n) is 6.28. The minimum atomic E-state index is -0.206. The maximum atomic E-state index is 12.3. The quantitative estimate of drug-likeness (QED) is 0.592. The van der Waals surface area contributed by atoms with Gasteiger partial charge in [-0.05, 0) is 50.4 Å². The number of nitrogens with one attached hydrogen (secondary N) is 1. The highest BCUT2D eigenvalue weighted by Crippen LogP contribution is 2.63. The molecule has 17 heavy (non-hydrogen) atoms. The first-order valence-corrected chi connectivity index (χ1v) is 6.84. The van der Waals surface area contributed by atoms with Crippen molar-refractivity contribution in [3.05, 3.63) is 0 Å². The SMILES string of the molecule is C#CCNC(=O)C12CC3CC(CC(Cl)(C3)C1)C2. The molecule has 4 rings (SSSR count). The fourth-order valence-electron chi connectivity index (χ4n) is 4.74. The van der Waals surface area contributed by atoms with Crippen molar-refractivity contribution in [2.24, 2.45) is 17.3 Å². The molecular formula is C14H18ClNO. The van der Waals surface area contributed by atoms with Crippen LogP contribution in [0.4, 0.5) is 0 Å². The van der Waals surface area contributed by atoms with E-state index in [1.807, 2.05) is 0 Å². The normalized spacial score (nSPS) is 46.6. The summed E-state index contributed by atoms with van der Waals surface area (Å²) in [5.74, 6) is 3.94. The van der Waals surface area contributed by atoms with Gasteiger partial charge in [-0.25, -0.2) is 0 Å². The van der Waals surface area contributed by atoms with Gasteiger partial charge in [-0.3, -0.25) is 4.79 Å². The van der Waals surface area contributed by atoms with Gasteiger partial charge in [0.2, 0.25) is 5.91 Å². The summed E-state index contributed by atoms with van der Waals surface area (Å²) in [7, 11) is 0. The third-order valence-corrected chi connectivity index (χ3v) is 5.26. The van der Waals surface area contributed by atoms with Crippen LogP contribution in [-0.4, -0.2) is 17.3 Å². The van der Waals surface area contributed by atoms with Crippen LogP contribution in [-0.2, 0) is 4.79 Å². The summed E-state index contributed by atoms with van der Waals surface area (Å²) in [5.41, 5.74) is -0.206. The molecule has 2 unspecified atom stereocenters. The number of amides is 1. The topological polar surface area (TPSA) is 29.1 Å². The van der Waals surface area contributed by atoms with Crippen molar-refractivity contribution < 1.29 is 4.79 Å². The van der Waals surface area contributed by atoms with Crippen molar-refractivity contribution in [2.45, 2.75) is 43.4 Å². The van der Waals surface area contributed by atoms with Gasteiger partial charge < -0.3 is 5.32 Å². The second-order valence-corrected chi connectivity index (χ2v) is 7.08. The molecule has 4 aliphatic rings. The van der Waals surface area contributed by atoms with Gasteiger partial charge in [-0.15, -0.1) is 18.0 Å². The van der Waals surface area contributed by atoms with Crippen molar-refractivity contribution in [3.8, 4) is 12.3 Å². The van der Waals surface area contributed by atoms with Crippen molar-refractivity contribution in [1.29, 1.82) is 0 Å². The van der Waals surface area contributed by atoms with Gasteiger partial charge in [-0.2, -0.15) is 0 Å². The van der Waals surface area contributed by atoms with Gasteiger partial charge in [-0.1, -0.05) is 5.92 Å². The highest BCUT2D eigenvalue weighted by molar-refractivity contribution is 6.24. The van der Waals surface area contributed by atoms with E-state index in [-0.39, 0.29) is 16.2 Å². The molecule has 4 aliphatic carbocycles. The minimum Gasteiger partial charge on any atom is -0.345 e. The van der Waals surface area contributed by atoms with Crippen molar-refractivity contribution in [1.82, 2.24) is 5.32 Å². The van der Waals surface area contributed by atoms with E-state index in [1.165, 1.54) is 6.42 Å². The molecule has 1 N–H and O–H groups in total. The highest BCUT2D eigenvalue weighted by Gasteiger charge is 2.59. The summed E-state index contributed by atoms with van der Waals surface area (Å²) >= 11 is 6.68. The van der Waals surface area contributed by atoms with E-state index < -0.39 is 0 Å². The fourth-order valence-corrected chi connectivity index (χ4v) is 5.43. The van der Waals surface area contributed by atoms with Crippen LogP contribution in [0.15, 0.2) is 0 Å². The first kappa shape index (κ1) is 11.4. The largest absolute Gasteiger partial charge is 0.345 e. The molecule has 0 aliphatic heterocycles. The predicted octanol–water partition coefficient (Wildman–Crippen LogP) is 2.31. The van der Waals surface area contributed by atoms with E-state index in [0.717, 1.165) is 32.1 Å². The van der Waals surface area contributed by atoms with Crippen LogP contribution < -0.4 is 5.32 Å². The molecule has 0 saturated heterocycles. The van der Waals surface area contributed by atoms with Crippen LogP contribution in [0.1, 0.15) is 38.5 Å². The molecule has 4 saturated carbocycles. The second kappa shape index (κ2) is 3.65. The van der Waals surface area contributed by atoms with Gasteiger partial charge in [0, 0.05) is 4.87 Å². The van der Waals surface area contributed by atoms with E-state index in [4.69, 9.17) is 18.0 Å². The van der Waals surface area contributed by atoms with Gasteiger partial charge in [0.05, 0.1) is 12.0 Å². The van der Waals surface area contributed by atoms with E-state index in [2.05, 4.69) is 11.2 Å². The Labute approximate surface area is 107 Å². The van der Waals surface area contributed by atoms with E-state index in [0.29, 0.717) is 18.4 Å². The molecule has 0 heterocycles. The molecular weight excluding hydrogens is 234 g/mol. The number of terminal acetylenes is 1. The summed E-state index contributed by atoms with van der Waals surface area (Å²) in [5, 5.41) is 2.87. The number of rotatable bonds is 2. The minimum absolute atomic E-state index is 0.0996. The van der Waals surface area contributed by atoms with E-state index >= 15 is 0 Å². The molecule has 3 heteroatoms. The van der Waals surface area contributed by atoms with Crippen molar-refractivity contribution in [2.75, 3.05) is 6.54 Å². The van der Waals surface area contributed by atoms with E-state index in [9.17, 15) is 4.79 Å². The molecule has 4 fully saturated rings. The van der Waals surface area contributed by atoms with Crippen LogP contribution in [0.5, 0.6) is 0 Å². The lowest BCUT2D eigenvalue weighted by Crippen LogP contribution is -2.58. The third kappa shape index (κ3) is 1.76. The summed E-state index contributed by atoms with van der Waals surface area (Å²) in [6, 6.07) is 0. The third-order valence-electron chi connectivity index (χ3n) is 4.82. The van der Waals surface area contributed by atoms with Gasteiger partial charge in [0.1, 0.15) is 0 Å². The van der Waals surface area contributed by atoms with Gasteiger partial charge in [0.25, 0.3) is 0 Å². The molecule has 0 aromatic carbocycles. The zero-order valence-electron chi connectivity index (χ0n) is 9.97. The number of carbonyl (C=O) groups is 1. The maximum Gasteiger partial charge on any atom is 0.227 e. The molecule has 0 aromatic rings. The highest BCUT2D eigenvalue weighted by atomic mass is 35.5. The lowest BCUT2D eigenvalue weighted by Gasteiger charge is -2.59. The van der Waals surface area contributed by atoms with Gasteiger partial charge >= 0.3 is 0 Å². The average molecular weight is 252 g/mol. The van der Waals surface area contributed by atoms with Gasteiger partial charge in [0.15, 0.2) is 0 Å². The number of alkyl halides is 1. The van der Waals surface area contributed by atoms with Crippen LogP contribution in [0.3, 0.4) is 0 Å². The number of carbonyl (C=O) groups excluding carboxylic acids is 1. The zero-order chi connectivity index (χ0) is 12.1. The standard InChI is InChI=1S/C14H18ClNO/c1-2-3-16-12(17)13-5-10-4-11(6-13)8-14(15,7-10)9-13/h1,10-11H,3-9H2,(H,16,17). The molecule has 0 spiro atoms. The molecule has 4 bridgehead atoms. The van der Waals surface area contributed by atoms with Crippen LogP contribution in [0.25, 0.3) is 0 Å². The molecule has 1 amide bonds. The van der Waals surface area contributed by atoms with Crippen LogP contribution >= 0.6 is 11.6 Å². The summed E-state index contributed by atoms with van der Waals surface area (Å²) in [6.45, 7) is 0.338. The Hall–Kier alpha value is -0.680. The van der Waals surface area contributed by atoms with Crippen LogP contribution in [0, 0.1) is 29.6 Å². The first-order chi connectivity index (χ1) is 8.05. The molecule has 92 valence electrons. The number of halogens is 1. The number of hydrogen-bond donors (Lipinski definition) is 1. The Morgan fingerprint density at radius 1 is 1.35 bits per heavy atom. The average Bonchev–Trinajstić information content (AvgIpc) is 2.22. The number of hydrogen-bond acceptors (Lipinski definition) is 1. The lowest BCUT2D eigenvalue weighted by atomic mass is 9.49. The Balaban J connectivity index is 1.83. The fraction of sp³-hybridized carbons (Fsp3) is 0.786. The molecule has 2 nitrogen and oxygen atoms in total. The van der Waals surface area contributed by atoms with Crippen molar-refractivity contribution >= 4 is 17.5 Å². The Morgan fingerprint density at radius 3 is 2.53 bits per heavy atom. The summed E-state index contributed by atoms with van der Waals surface area (Å²) in [4.78, 5) is 12.2. The van der Waals surface area contributed by atoms with Crippen LogP contribution in [0.2, 0.25) is 0 Å². The molecule has 2 atom stereocenters. The maximum absolute atomic E-state index is 12.3. The molecule has 0 radical (unpaired) electrons. The monoisotopic (exact) mass is 251 g/mol. The summed E-state index contributed by atoms with van der Waals surface area (Å²) in [6.07, 6.45) is 11.6. The Morgan fingerprint density at radius 2 is 2.00 bits per heavy atom. The molecule has 0 aromatic heterocycles. The lowest BCUT2D eigenvalue weighted by molar-refractivity contribution is -0.144. The predicted molar refractivity (Wildman–Crippen MR) is 67.5 cm³/mol. The Kier molecular flexibility index (Phi) is 2.45. The summed E-state index contributed by atoms with van der Waals surface area (Å²) < 4.78 is 0. The Bertz CT molecular complexity index is 384. The smallest absolute Gasteiger partial charge is 0.227 e. The van der Waals surface area contributed by atoms with Crippen molar-refractivity contribution in [3.63, 3.8) is 0 Å². The first-order valence-electron chi connectivity index (χ1n) is 6.46.